The van der Waals surface area contributed by atoms with Crippen molar-refractivity contribution in [1.82, 2.24) is 4.90 Å². The van der Waals surface area contributed by atoms with E-state index in [-0.39, 0.29) is 5.92 Å². The molecule has 0 radical (unpaired) electrons. The molecule has 0 saturated heterocycles. The van der Waals surface area contributed by atoms with Crippen molar-refractivity contribution in [2.75, 3.05) is 20.6 Å². The number of carboxylic acids is 1. The molecule has 1 atom stereocenters. The fraction of sp³-hybridized carbons (Fsp3) is 0.893. The summed E-state index contributed by atoms with van der Waals surface area (Å²) in [7, 11) is 3.88. The maximum Gasteiger partial charge on any atom is 0.307 e. The normalized spacial score (nSPS) is 12.8. The summed E-state index contributed by atoms with van der Waals surface area (Å²) in [6, 6.07) is 0. The first-order chi connectivity index (χ1) is 15.1. The van der Waals surface area contributed by atoms with Crippen LogP contribution >= 0.6 is 0 Å². The molecule has 0 spiro atoms. The fourth-order valence-corrected chi connectivity index (χ4v) is 4.26. The van der Waals surface area contributed by atoms with Crippen LogP contribution in [0.1, 0.15) is 135 Å². The Bertz CT molecular complexity index is 406. The van der Waals surface area contributed by atoms with Crippen LogP contribution in [0.2, 0.25) is 0 Å². The van der Waals surface area contributed by atoms with E-state index in [0.717, 1.165) is 25.7 Å². The molecule has 0 fully saturated rings. The van der Waals surface area contributed by atoms with Gasteiger partial charge in [-0.05, 0) is 46.2 Å². The molecule has 1 unspecified atom stereocenters. The SMILES string of the molecule is CCCCCCCCCCCCCCCCCC=CCCCCC(CN(C)C)C(=O)O. The van der Waals surface area contributed by atoms with Crippen molar-refractivity contribution in [3.63, 3.8) is 0 Å². The molecule has 31 heavy (non-hydrogen) atoms. The number of aliphatic carboxylic acids is 1. The molecule has 0 aliphatic rings. The molecule has 0 amide bonds. The Morgan fingerprint density at radius 3 is 1.45 bits per heavy atom. The summed E-state index contributed by atoms with van der Waals surface area (Å²) < 4.78 is 0. The number of carboxylic acid groups (broad SMARTS) is 1. The Morgan fingerprint density at radius 1 is 0.677 bits per heavy atom. The van der Waals surface area contributed by atoms with Crippen LogP contribution in [0, 0.1) is 5.92 Å². The summed E-state index contributed by atoms with van der Waals surface area (Å²) in [5.74, 6) is -0.878. The Kier molecular flexibility index (Phi) is 23.2. The minimum atomic E-state index is -0.655. The monoisotopic (exact) mass is 437 g/mol. The number of hydrogen-bond acceptors (Lipinski definition) is 2. The molecule has 0 aromatic carbocycles. The zero-order valence-electron chi connectivity index (χ0n) is 21.4. The van der Waals surface area contributed by atoms with E-state index in [4.69, 9.17) is 0 Å². The van der Waals surface area contributed by atoms with Crippen LogP contribution in [0.4, 0.5) is 0 Å². The summed E-state index contributed by atoms with van der Waals surface area (Å²) in [5, 5.41) is 9.25. The number of hydrogen-bond donors (Lipinski definition) is 1. The first kappa shape index (κ1) is 30.2. The van der Waals surface area contributed by atoms with Gasteiger partial charge in [0.15, 0.2) is 0 Å². The molecule has 0 rings (SSSR count). The van der Waals surface area contributed by atoms with Crippen LogP contribution in [-0.4, -0.2) is 36.6 Å². The second-order valence-corrected chi connectivity index (χ2v) is 9.79. The fourth-order valence-electron chi connectivity index (χ4n) is 4.26. The van der Waals surface area contributed by atoms with E-state index in [0.29, 0.717) is 6.54 Å². The second-order valence-electron chi connectivity index (χ2n) is 9.79. The van der Waals surface area contributed by atoms with Crippen molar-refractivity contribution in [1.29, 1.82) is 0 Å². The molecule has 184 valence electrons. The summed E-state index contributed by atoms with van der Waals surface area (Å²) in [4.78, 5) is 13.2. The van der Waals surface area contributed by atoms with Gasteiger partial charge in [0.1, 0.15) is 0 Å². The number of carbonyl (C=O) groups is 1. The summed E-state index contributed by atoms with van der Waals surface area (Å²) in [6.45, 7) is 2.93. The molecule has 0 aliphatic carbocycles. The van der Waals surface area contributed by atoms with Gasteiger partial charge in [-0.15, -0.1) is 0 Å². The topological polar surface area (TPSA) is 40.5 Å². The summed E-state index contributed by atoms with van der Waals surface area (Å²) in [5.41, 5.74) is 0. The third-order valence-electron chi connectivity index (χ3n) is 6.25. The Balaban J connectivity index is 3.28. The van der Waals surface area contributed by atoms with Crippen molar-refractivity contribution >= 4 is 5.97 Å². The van der Waals surface area contributed by atoms with Crippen molar-refractivity contribution in [2.45, 2.75) is 135 Å². The predicted molar refractivity (Wildman–Crippen MR) is 137 cm³/mol. The van der Waals surface area contributed by atoms with E-state index in [2.05, 4.69) is 19.1 Å². The van der Waals surface area contributed by atoms with Gasteiger partial charge in [-0.2, -0.15) is 0 Å². The number of rotatable bonds is 24. The Hall–Kier alpha value is -0.830. The molecule has 0 aliphatic heterocycles. The average molecular weight is 438 g/mol. The number of allylic oxidation sites excluding steroid dienone is 2. The van der Waals surface area contributed by atoms with E-state index in [1.807, 2.05) is 19.0 Å². The highest BCUT2D eigenvalue weighted by atomic mass is 16.4. The highest BCUT2D eigenvalue weighted by Gasteiger charge is 2.17. The largest absolute Gasteiger partial charge is 0.481 e. The molecule has 0 heterocycles. The van der Waals surface area contributed by atoms with E-state index in [1.165, 1.54) is 103 Å². The van der Waals surface area contributed by atoms with Crippen LogP contribution in [-0.2, 0) is 4.79 Å². The molecule has 0 aromatic rings. The highest BCUT2D eigenvalue weighted by Crippen LogP contribution is 2.14. The van der Waals surface area contributed by atoms with Crippen LogP contribution in [0.25, 0.3) is 0 Å². The molecule has 0 bridgehead atoms. The lowest BCUT2D eigenvalue weighted by atomic mass is 10.0. The third-order valence-corrected chi connectivity index (χ3v) is 6.25. The van der Waals surface area contributed by atoms with Crippen molar-refractivity contribution in [3.8, 4) is 0 Å². The van der Waals surface area contributed by atoms with Gasteiger partial charge in [-0.1, -0.05) is 115 Å². The van der Waals surface area contributed by atoms with Crippen LogP contribution in [0.3, 0.4) is 0 Å². The van der Waals surface area contributed by atoms with Gasteiger partial charge in [-0.3, -0.25) is 4.79 Å². The highest BCUT2D eigenvalue weighted by molar-refractivity contribution is 5.70. The molecular weight excluding hydrogens is 382 g/mol. The molecule has 0 aromatic heterocycles. The Labute approximate surface area is 195 Å². The third kappa shape index (κ3) is 23.7. The molecule has 0 saturated carbocycles. The standard InChI is InChI=1S/C28H55NO2/c1-4-5-6-7-8-9-10-11-12-13-14-15-16-17-18-19-20-21-22-23-24-25-27(28(30)31)26-29(2)3/h20-21,27H,4-19,22-26H2,1-3H3,(H,30,31). The second kappa shape index (κ2) is 23.8. The van der Waals surface area contributed by atoms with E-state index < -0.39 is 5.97 Å². The molecule has 3 heteroatoms. The first-order valence-electron chi connectivity index (χ1n) is 13.6. The van der Waals surface area contributed by atoms with Crippen LogP contribution in [0.5, 0.6) is 0 Å². The zero-order chi connectivity index (χ0) is 23.0. The Morgan fingerprint density at radius 2 is 1.06 bits per heavy atom. The lowest BCUT2D eigenvalue weighted by Gasteiger charge is -2.16. The molecule has 3 nitrogen and oxygen atoms in total. The van der Waals surface area contributed by atoms with Gasteiger partial charge in [0, 0.05) is 6.54 Å². The minimum absolute atomic E-state index is 0.223. The average Bonchev–Trinajstić information content (AvgIpc) is 2.73. The number of nitrogens with zero attached hydrogens (tertiary/aromatic N) is 1. The van der Waals surface area contributed by atoms with E-state index >= 15 is 0 Å². The quantitative estimate of drug-likeness (QED) is 0.121. The van der Waals surface area contributed by atoms with Crippen molar-refractivity contribution < 1.29 is 9.90 Å². The summed E-state index contributed by atoms with van der Waals surface area (Å²) >= 11 is 0. The maximum absolute atomic E-state index is 11.2. The van der Waals surface area contributed by atoms with Gasteiger partial charge in [0.25, 0.3) is 0 Å². The van der Waals surface area contributed by atoms with Gasteiger partial charge >= 0.3 is 5.97 Å². The predicted octanol–water partition coefficient (Wildman–Crippen LogP) is 8.63. The van der Waals surface area contributed by atoms with E-state index in [1.54, 1.807) is 0 Å². The first-order valence-corrected chi connectivity index (χ1v) is 13.6. The molecule has 1 N–H and O–H groups in total. The lowest BCUT2D eigenvalue weighted by molar-refractivity contribution is -0.142. The van der Waals surface area contributed by atoms with Crippen LogP contribution in [0.15, 0.2) is 12.2 Å². The zero-order valence-corrected chi connectivity index (χ0v) is 21.4. The summed E-state index contributed by atoms with van der Waals surface area (Å²) in [6.07, 6.45) is 31.1. The van der Waals surface area contributed by atoms with E-state index in [9.17, 15) is 9.90 Å². The van der Waals surface area contributed by atoms with Gasteiger partial charge in [-0.25, -0.2) is 0 Å². The number of unbranched alkanes of at least 4 members (excludes halogenated alkanes) is 17. The van der Waals surface area contributed by atoms with Crippen molar-refractivity contribution in [2.24, 2.45) is 5.92 Å². The lowest BCUT2D eigenvalue weighted by Crippen LogP contribution is -2.27. The van der Waals surface area contributed by atoms with Crippen LogP contribution < -0.4 is 0 Å². The molecular formula is C28H55NO2. The maximum atomic E-state index is 11.2. The van der Waals surface area contributed by atoms with Crippen molar-refractivity contribution in [3.05, 3.63) is 12.2 Å². The minimum Gasteiger partial charge on any atom is -0.481 e. The van der Waals surface area contributed by atoms with Gasteiger partial charge in [0.2, 0.25) is 0 Å². The van der Waals surface area contributed by atoms with Gasteiger partial charge < -0.3 is 10.0 Å². The smallest absolute Gasteiger partial charge is 0.307 e. The van der Waals surface area contributed by atoms with Gasteiger partial charge in [0.05, 0.1) is 5.92 Å².